The molecule has 0 saturated heterocycles. The number of para-hydroxylation sites is 1. The van der Waals surface area contributed by atoms with E-state index in [0.29, 0.717) is 5.52 Å². The average molecular weight is 405 g/mol. The summed E-state index contributed by atoms with van der Waals surface area (Å²) in [6.45, 7) is 0. The summed E-state index contributed by atoms with van der Waals surface area (Å²) in [6.07, 6.45) is 0. The zero-order valence-corrected chi connectivity index (χ0v) is 12.9. The third-order valence-corrected chi connectivity index (χ3v) is 5.07. The summed E-state index contributed by atoms with van der Waals surface area (Å²) in [5.74, 6) is 0. The second-order valence-corrected chi connectivity index (χ2v) is 6.45. The monoisotopic (exact) mass is 403 g/mol. The third-order valence-electron chi connectivity index (χ3n) is 1.97. The summed E-state index contributed by atoms with van der Waals surface area (Å²) in [6, 6.07) is 8.92. The van der Waals surface area contributed by atoms with Crippen LogP contribution in [0.5, 0.6) is 0 Å². The van der Waals surface area contributed by atoms with E-state index in [9.17, 15) is 4.57 Å². The lowest BCUT2D eigenvalue weighted by Crippen LogP contribution is -2.08. The molecule has 0 aliphatic carbocycles. The van der Waals surface area contributed by atoms with Gasteiger partial charge >= 0.3 is 7.82 Å². The first-order valence-corrected chi connectivity index (χ1v) is 7.40. The first kappa shape index (κ1) is 13.4. The van der Waals surface area contributed by atoms with Gasteiger partial charge in [0.05, 0.1) is 5.52 Å². The van der Waals surface area contributed by atoms with E-state index in [1.807, 2.05) is 12.1 Å². The number of rotatable bonds is 4. The second-order valence-electron chi connectivity index (χ2n) is 2.99. The molecule has 92 valence electrons. The molecule has 1 aromatic carbocycles. The highest BCUT2D eigenvalue weighted by atomic mass is 79.9. The third kappa shape index (κ3) is 2.70. The predicted molar refractivity (Wildman–Crippen MR) is 71.2 cm³/mol. The summed E-state index contributed by atoms with van der Waals surface area (Å²) >= 11 is 11.1. The molecule has 0 spiro atoms. The normalized spacial score (nSPS) is 11.9. The number of hydrogen-bond acceptors (Lipinski definition) is 4. The van der Waals surface area contributed by atoms with Gasteiger partial charge in [-0.3, -0.25) is 0 Å². The molecule has 0 fully saturated rings. The van der Waals surface area contributed by atoms with Crippen molar-refractivity contribution < 1.29 is 16.4 Å². The highest BCUT2D eigenvalue weighted by Gasteiger charge is 2.30. The molecule has 0 saturated carbocycles. The molecular formula is C8H5Br2ClNO4P. The molecule has 0 aliphatic rings. The summed E-state index contributed by atoms with van der Waals surface area (Å²) in [7, 11) is -3.79. The van der Waals surface area contributed by atoms with Gasteiger partial charge in [0.2, 0.25) is 0 Å². The first-order valence-electron chi connectivity index (χ1n) is 4.26. The van der Waals surface area contributed by atoms with Crippen LogP contribution in [0.2, 0.25) is 5.15 Å². The lowest BCUT2D eigenvalue weighted by Gasteiger charge is -2.13. The molecule has 2 aromatic rings. The van der Waals surface area contributed by atoms with Crippen molar-refractivity contribution in [1.29, 1.82) is 0 Å². The standard InChI is InChI=1S/C8H5Br2ClNO4P/c9-14-17(13,15-10)16-12-7-4-2-1-3-6(7)5-8(12)11/h1-5H. The first-order chi connectivity index (χ1) is 8.09. The lowest BCUT2D eigenvalue weighted by atomic mass is 10.3. The topological polar surface area (TPSA) is 49.7 Å². The second kappa shape index (κ2) is 5.30. The molecule has 0 amide bonds. The van der Waals surface area contributed by atoms with Gasteiger partial charge in [-0.05, 0) is 12.1 Å². The van der Waals surface area contributed by atoms with Gasteiger partial charge in [-0.2, -0.15) is 12.0 Å². The Morgan fingerprint density at radius 3 is 2.53 bits per heavy atom. The van der Waals surface area contributed by atoms with Crippen LogP contribution in [0.4, 0.5) is 0 Å². The minimum Gasteiger partial charge on any atom is -0.309 e. The van der Waals surface area contributed by atoms with Crippen molar-refractivity contribution in [3.05, 3.63) is 35.5 Å². The van der Waals surface area contributed by atoms with E-state index in [1.54, 1.807) is 18.2 Å². The zero-order valence-electron chi connectivity index (χ0n) is 8.05. The van der Waals surface area contributed by atoms with Gasteiger partial charge in [0.25, 0.3) is 0 Å². The molecule has 17 heavy (non-hydrogen) atoms. The summed E-state index contributed by atoms with van der Waals surface area (Å²) < 4.78 is 27.0. The SMILES string of the molecule is O=P(OBr)(OBr)On1c(Cl)cc2ccccc21. The molecule has 2 rings (SSSR count). The van der Waals surface area contributed by atoms with E-state index in [4.69, 9.17) is 16.2 Å². The minimum absolute atomic E-state index is 0.250. The fraction of sp³-hybridized carbons (Fsp3) is 0. The van der Waals surface area contributed by atoms with Gasteiger partial charge in [-0.1, -0.05) is 29.8 Å². The largest absolute Gasteiger partial charge is 0.571 e. The van der Waals surface area contributed by atoms with E-state index >= 15 is 0 Å². The van der Waals surface area contributed by atoms with Crippen LogP contribution in [0, 0.1) is 0 Å². The Kier molecular flexibility index (Phi) is 4.18. The van der Waals surface area contributed by atoms with Crippen molar-refractivity contribution >= 4 is 62.8 Å². The van der Waals surface area contributed by atoms with Crippen molar-refractivity contribution in [3.63, 3.8) is 0 Å². The zero-order chi connectivity index (χ0) is 12.5. The van der Waals surface area contributed by atoms with Gasteiger partial charge in [0, 0.05) is 5.39 Å². The van der Waals surface area contributed by atoms with Gasteiger partial charge < -0.3 is 4.62 Å². The Morgan fingerprint density at radius 1 is 1.24 bits per heavy atom. The van der Waals surface area contributed by atoms with Crippen molar-refractivity contribution in [2.24, 2.45) is 0 Å². The Labute approximate surface area is 119 Å². The van der Waals surface area contributed by atoms with E-state index in [1.165, 1.54) is 4.73 Å². The molecule has 1 heterocycles. The molecule has 0 unspecified atom stereocenters. The van der Waals surface area contributed by atoms with E-state index in [-0.39, 0.29) is 5.15 Å². The molecule has 0 aliphatic heterocycles. The van der Waals surface area contributed by atoms with Crippen LogP contribution in [0.25, 0.3) is 10.9 Å². The number of halogens is 3. The van der Waals surface area contributed by atoms with Crippen molar-refractivity contribution in [2.45, 2.75) is 0 Å². The van der Waals surface area contributed by atoms with E-state index < -0.39 is 7.82 Å². The summed E-state index contributed by atoms with van der Waals surface area (Å²) in [5, 5.41) is 1.09. The Balaban J connectivity index is 2.49. The van der Waals surface area contributed by atoms with E-state index in [2.05, 4.69) is 39.7 Å². The number of aromatic nitrogens is 1. The Hall–Kier alpha value is -0.0400. The maximum atomic E-state index is 11.8. The summed E-state index contributed by atoms with van der Waals surface area (Å²) in [5.41, 5.74) is 0.645. The predicted octanol–water partition coefficient (Wildman–Crippen LogP) is 4.48. The quantitative estimate of drug-likeness (QED) is 0.704. The fourth-order valence-corrected chi connectivity index (χ4v) is 3.20. The lowest BCUT2D eigenvalue weighted by molar-refractivity contribution is 0.218. The van der Waals surface area contributed by atoms with Crippen molar-refractivity contribution in [1.82, 2.24) is 4.73 Å². The molecule has 5 nitrogen and oxygen atoms in total. The van der Waals surface area contributed by atoms with Crippen LogP contribution >= 0.6 is 51.9 Å². The molecule has 1 aromatic heterocycles. The number of phosphoric acid groups is 1. The molecule has 0 atom stereocenters. The Morgan fingerprint density at radius 2 is 1.88 bits per heavy atom. The fourth-order valence-electron chi connectivity index (χ4n) is 1.32. The smallest absolute Gasteiger partial charge is 0.309 e. The van der Waals surface area contributed by atoms with Gasteiger partial charge in [0.1, 0.15) is 37.7 Å². The van der Waals surface area contributed by atoms with Crippen LogP contribution in [0.15, 0.2) is 30.3 Å². The maximum absolute atomic E-state index is 11.8. The van der Waals surface area contributed by atoms with Crippen LogP contribution < -0.4 is 4.62 Å². The molecule has 9 heteroatoms. The molecule has 0 radical (unpaired) electrons. The van der Waals surface area contributed by atoms with Crippen LogP contribution in [0.1, 0.15) is 0 Å². The Bertz CT molecular complexity index is 582. The van der Waals surface area contributed by atoms with Crippen LogP contribution in [0.3, 0.4) is 0 Å². The van der Waals surface area contributed by atoms with E-state index in [0.717, 1.165) is 5.39 Å². The number of fused-ring (bicyclic) bond motifs is 1. The minimum atomic E-state index is -3.79. The van der Waals surface area contributed by atoms with Gasteiger partial charge in [-0.25, -0.2) is 4.57 Å². The average Bonchev–Trinajstić information content (AvgIpc) is 2.66. The van der Waals surface area contributed by atoms with Gasteiger partial charge in [-0.15, -0.1) is 0 Å². The van der Waals surface area contributed by atoms with Crippen molar-refractivity contribution in [3.8, 4) is 0 Å². The summed E-state index contributed by atoms with van der Waals surface area (Å²) in [4.78, 5) is 0. The molecular weight excluding hydrogens is 400 g/mol. The number of hydrogen-bond donors (Lipinski definition) is 0. The van der Waals surface area contributed by atoms with Crippen LogP contribution in [-0.4, -0.2) is 4.73 Å². The molecule has 0 bridgehead atoms. The van der Waals surface area contributed by atoms with Gasteiger partial charge in [0.15, 0.2) is 0 Å². The number of benzene rings is 1. The number of nitrogens with zero attached hydrogens (tertiary/aromatic N) is 1. The molecule has 0 N–H and O–H groups in total. The van der Waals surface area contributed by atoms with Crippen molar-refractivity contribution in [2.75, 3.05) is 0 Å². The maximum Gasteiger partial charge on any atom is 0.571 e. The highest BCUT2D eigenvalue weighted by Crippen LogP contribution is 2.50. The van der Waals surface area contributed by atoms with Crippen LogP contribution in [-0.2, 0) is 11.8 Å². The highest BCUT2D eigenvalue weighted by molar-refractivity contribution is 9.07.